The Hall–Kier alpha value is -2.14. The minimum atomic E-state index is -0.208. The number of aryl methyl sites for hydroxylation is 1. The molecule has 2 rings (SSSR count). The topological polar surface area (TPSA) is 84.1 Å². The van der Waals surface area contributed by atoms with Gasteiger partial charge in [0.2, 0.25) is 0 Å². The number of nitrogens with zero attached hydrogens (tertiary/aromatic N) is 2. The van der Waals surface area contributed by atoms with Crippen LogP contribution in [-0.2, 0) is 6.42 Å². The summed E-state index contributed by atoms with van der Waals surface area (Å²) < 4.78 is 0. The van der Waals surface area contributed by atoms with Crippen LogP contribution in [0.15, 0.2) is 36.4 Å². The maximum Gasteiger partial charge on any atom is 0.132 e. The van der Waals surface area contributed by atoms with Gasteiger partial charge >= 0.3 is 0 Å². The van der Waals surface area contributed by atoms with E-state index in [-0.39, 0.29) is 12.6 Å². The van der Waals surface area contributed by atoms with Crippen LogP contribution < -0.4 is 11.1 Å². The molecule has 100 valence electrons. The number of aliphatic hydroxyl groups excluding tert-OH is 1. The molecule has 5 nitrogen and oxygen atoms in total. The highest BCUT2D eigenvalue weighted by Crippen LogP contribution is 2.19. The van der Waals surface area contributed by atoms with E-state index in [0.717, 1.165) is 12.0 Å². The van der Waals surface area contributed by atoms with Crippen LogP contribution >= 0.6 is 0 Å². The predicted molar refractivity (Wildman–Crippen MR) is 75.7 cm³/mol. The Morgan fingerprint density at radius 3 is 2.63 bits per heavy atom. The van der Waals surface area contributed by atoms with Crippen LogP contribution in [0.25, 0.3) is 0 Å². The summed E-state index contributed by atoms with van der Waals surface area (Å²) in [5, 5.41) is 12.7. The summed E-state index contributed by atoms with van der Waals surface area (Å²) in [7, 11) is 0. The smallest absolute Gasteiger partial charge is 0.132 e. The minimum Gasteiger partial charge on any atom is -0.394 e. The van der Waals surface area contributed by atoms with Crippen molar-refractivity contribution >= 4 is 11.6 Å². The number of anilines is 2. The molecule has 0 aliphatic rings. The maximum atomic E-state index is 9.50. The molecule has 0 saturated carbocycles. The largest absolute Gasteiger partial charge is 0.394 e. The molecule has 0 spiro atoms. The first kappa shape index (κ1) is 13.3. The Kier molecular flexibility index (Phi) is 4.30. The zero-order chi connectivity index (χ0) is 13.7. The molecule has 4 N–H and O–H groups in total. The first-order chi connectivity index (χ1) is 9.22. The van der Waals surface area contributed by atoms with Gasteiger partial charge < -0.3 is 16.2 Å². The Bertz CT molecular complexity index is 530. The lowest BCUT2D eigenvalue weighted by Gasteiger charge is -2.17. The van der Waals surface area contributed by atoms with Gasteiger partial charge in [-0.3, -0.25) is 0 Å². The van der Waals surface area contributed by atoms with Crippen molar-refractivity contribution in [2.45, 2.75) is 19.4 Å². The van der Waals surface area contributed by atoms with Crippen molar-refractivity contribution in [1.29, 1.82) is 0 Å². The van der Waals surface area contributed by atoms with Crippen molar-refractivity contribution in [2.24, 2.45) is 0 Å². The van der Waals surface area contributed by atoms with Crippen molar-refractivity contribution in [3.05, 3.63) is 47.8 Å². The lowest BCUT2D eigenvalue weighted by Crippen LogP contribution is -2.16. The lowest BCUT2D eigenvalue weighted by atomic mass is 10.1. The number of aromatic nitrogens is 2. The summed E-state index contributed by atoms with van der Waals surface area (Å²) in [4.78, 5) is 8.47. The fourth-order valence-electron chi connectivity index (χ4n) is 1.85. The number of nitrogen functional groups attached to an aromatic ring is 1. The monoisotopic (exact) mass is 258 g/mol. The summed E-state index contributed by atoms with van der Waals surface area (Å²) in [6, 6.07) is 11.2. The summed E-state index contributed by atoms with van der Waals surface area (Å²) >= 11 is 0. The van der Waals surface area contributed by atoms with E-state index in [1.165, 1.54) is 0 Å². The summed E-state index contributed by atoms with van der Waals surface area (Å²) in [5.74, 6) is 1.75. The third-order valence-corrected chi connectivity index (χ3v) is 2.82. The highest BCUT2D eigenvalue weighted by Gasteiger charge is 2.11. The van der Waals surface area contributed by atoms with Crippen LogP contribution in [0.2, 0.25) is 0 Å². The lowest BCUT2D eigenvalue weighted by molar-refractivity contribution is 0.276. The molecule has 1 heterocycles. The predicted octanol–water partition coefficient (Wildman–Crippen LogP) is 1.77. The van der Waals surface area contributed by atoms with Crippen LogP contribution in [0.5, 0.6) is 0 Å². The SMILES string of the molecule is CCc1nc(N)cc(NC(CO)c2ccccc2)n1. The van der Waals surface area contributed by atoms with Crippen LogP contribution in [-0.4, -0.2) is 21.7 Å². The van der Waals surface area contributed by atoms with E-state index in [1.807, 2.05) is 37.3 Å². The molecule has 1 unspecified atom stereocenters. The number of nitrogens with two attached hydrogens (primary N) is 1. The van der Waals surface area contributed by atoms with E-state index in [0.29, 0.717) is 17.5 Å². The van der Waals surface area contributed by atoms with E-state index in [2.05, 4.69) is 15.3 Å². The summed E-state index contributed by atoms with van der Waals surface area (Å²) in [6.45, 7) is 1.95. The van der Waals surface area contributed by atoms with Crippen LogP contribution in [0.1, 0.15) is 24.4 Å². The third-order valence-electron chi connectivity index (χ3n) is 2.82. The van der Waals surface area contributed by atoms with Gasteiger partial charge in [-0.25, -0.2) is 9.97 Å². The van der Waals surface area contributed by atoms with E-state index in [9.17, 15) is 5.11 Å². The van der Waals surface area contributed by atoms with Crippen molar-refractivity contribution in [3.8, 4) is 0 Å². The molecule has 1 aromatic heterocycles. The number of aliphatic hydroxyl groups is 1. The first-order valence-electron chi connectivity index (χ1n) is 6.28. The molecule has 0 aliphatic heterocycles. The number of rotatable bonds is 5. The van der Waals surface area contributed by atoms with Gasteiger partial charge in [0.15, 0.2) is 0 Å². The zero-order valence-electron chi connectivity index (χ0n) is 10.9. The molecule has 0 radical (unpaired) electrons. The summed E-state index contributed by atoms with van der Waals surface area (Å²) in [6.07, 6.45) is 0.717. The Balaban J connectivity index is 2.21. The van der Waals surface area contributed by atoms with Gasteiger partial charge in [-0.2, -0.15) is 0 Å². The fraction of sp³-hybridized carbons (Fsp3) is 0.286. The molecule has 0 bridgehead atoms. The van der Waals surface area contributed by atoms with Crippen LogP contribution in [0.4, 0.5) is 11.6 Å². The Morgan fingerprint density at radius 2 is 2.00 bits per heavy atom. The highest BCUT2D eigenvalue weighted by molar-refractivity contribution is 5.46. The molecule has 1 atom stereocenters. The standard InChI is InChI=1S/C14H18N4O/c1-2-13-17-12(15)8-14(18-13)16-11(9-19)10-6-4-3-5-7-10/h3-8,11,19H,2,9H2,1H3,(H3,15,16,17,18). The average molecular weight is 258 g/mol. The quantitative estimate of drug-likeness (QED) is 0.761. The van der Waals surface area contributed by atoms with Gasteiger partial charge in [-0.1, -0.05) is 37.3 Å². The van der Waals surface area contributed by atoms with Crippen LogP contribution in [0.3, 0.4) is 0 Å². The second-order valence-electron chi connectivity index (χ2n) is 4.24. The molecule has 0 fully saturated rings. The Morgan fingerprint density at radius 1 is 1.26 bits per heavy atom. The van der Waals surface area contributed by atoms with Gasteiger partial charge in [-0.15, -0.1) is 0 Å². The number of nitrogens with one attached hydrogen (secondary N) is 1. The molecule has 0 saturated heterocycles. The molecule has 0 amide bonds. The first-order valence-corrected chi connectivity index (χ1v) is 6.28. The second kappa shape index (κ2) is 6.15. The summed E-state index contributed by atoms with van der Waals surface area (Å²) in [5.41, 5.74) is 6.74. The van der Waals surface area contributed by atoms with Gasteiger partial charge in [-0.05, 0) is 5.56 Å². The van der Waals surface area contributed by atoms with Crippen molar-refractivity contribution < 1.29 is 5.11 Å². The number of hydrogen-bond acceptors (Lipinski definition) is 5. The number of hydrogen-bond donors (Lipinski definition) is 3. The van der Waals surface area contributed by atoms with E-state index >= 15 is 0 Å². The van der Waals surface area contributed by atoms with Gasteiger partial charge in [0.05, 0.1) is 12.6 Å². The molecular weight excluding hydrogens is 240 g/mol. The van der Waals surface area contributed by atoms with E-state index < -0.39 is 0 Å². The van der Waals surface area contributed by atoms with Gasteiger partial charge in [0, 0.05) is 12.5 Å². The second-order valence-corrected chi connectivity index (χ2v) is 4.24. The molecule has 0 aliphatic carbocycles. The van der Waals surface area contributed by atoms with Crippen molar-refractivity contribution in [3.63, 3.8) is 0 Å². The van der Waals surface area contributed by atoms with Crippen LogP contribution in [0, 0.1) is 0 Å². The zero-order valence-corrected chi connectivity index (χ0v) is 10.9. The normalized spacial score (nSPS) is 12.1. The molecule has 1 aromatic carbocycles. The van der Waals surface area contributed by atoms with Gasteiger partial charge in [0.25, 0.3) is 0 Å². The maximum absolute atomic E-state index is 9.50. The molecular formula is C14H18N4O. The highest BCUT2D eigenvalue weighted by atomic mass is 16.3. The number of benzene rings is 1. The molecule has 19 heavy (non-hydrogen) atoms. The van der Waals surface area contributed by atoms with E-state index in [4.69, 9.17) is 5.73 Å². The molecule has 2 aromatic rings. The van der Waals surface area contributed by atoms with Crippen molar-refractivity contribution in [1.82, 2.24) is 9.97 Å². The average Bonchev–Trinajstić information content (AvgIpc) is 2.45. The Labute approximate surface area is 112 Å². The van der Waals surface area contributed by atoms with Gasteiger partial charge in [0.1, 0.15) is 17.5 Å². The van der Waals surface area contributed by atoms with Crippen molar-refractivity contribution in [2.75, 3.05) is 17.7 Å². The fourth-order valence-corrected chi connectivity index (χ4v) is 1.85. The third kappa shape index (κ3) is 3.42. The van der Waals surface area contributed by atoms with E-state index in [1.54, 1.807) is 6.07 Å². The minimum absolute atomic E-state index is 0.0185. The molecule has 5 heteroatoms.